The first-order valence-electron chi connectivity index (χ1n) is 6.92. The Bertz CT molecular complexity index is 601. The molecule has 2 amide bonds. The van der Waals surface area contributed by atoms with Crippen molar-refractivity contribution in [2.75, 3.05) is 33.8 Å². The van der Waals surface area contributed by atoms with Gasteiger partial charge in [-0.05, 0) is 17.7 Å². The fourth-order valence-corrected chi connectivity index (χ4v) is 3.38. The number of rotatable bonds is 1. The first-order valence-corrected chi connectivity index (χ1v) is 6.92. The van der Waals surface area contributed by atoms with Crippen molar-refractivity contribution in [1.29, 1.82) is 0 Å². The van der Waals surface area contributed by atoms with E-state index in [0.29, 0.717) is 30.9 Å². The number of nitrogens with zero attached hydrogens (tertiary/aromatic N) is 2. The predicted octanol–water partition coefficient (Wildman–Crippen LogP) is 1.47. The van der Waals surface area contributed by atoms with Crippen molar-refractivity contribution in [1.82, 2.24) is 9.80 Å². The fraction of sp³-hybridized carbons (Fsp3) is 0.467. The smallest absolute Gasteiger partial charge is 0.407 e. The van der Waals surface area contributed by atoms with E-state index in [2.05, 4.69) is 0 Å². The molecule has 112 valence electrons. The molecule has 2 heterocycles. The van der Waals surface area contributed by atoms with Crippen molar-refractivity contribution in [3.05, 3.63) is 29.3 Å². The van der Waals surface area contributed by atoms with Crippen molar-refractivity contribution in [2.24, 2.45) is 5.92 Å². The third-order valence-corrected chi connectivity index (χ3v) is 4.46. The van der Waals surface area contributed by atoms with Crippen LogP contribution >= 0.6 is 0 Å². The Morgan fingerprint density at radius 2 is 2.10 bits per heavy atom. The van der Waals surface area contributed by atoms with E-state index in [1.807, 2.05) is 12.1 Å². The molecule has 2 aliphatic rings. The van der Waals surface area contributed by atoms with E-state index < -0.39 is 6.09 Å². The molecule has 1 N–H and O–H groups in total. The van der Waals surface area contributed by atoms with Crippen LogP contribution < -0.4 is 4.74 Å². The topological polar surface area (TPSA) is 70.1 Å². The number of ether oxygens (including phenoxy) is 1. The standard InChI is InChI=1S/C15H18N2O4/c1-16-6-9-7-17(15(19)20)8-13(9)11-4-3-10(21-2)5-12(11)14(16)18/h3-5,9,13H,6-8H2,1-2H3,(H,19,20)/t9-,13-/m1/s1. The molecule has 6 nitrogen and oxygen atoms in total. The highest BCUT2D eigenvalue weighted by Gasteiger charge is 2.41. The van der Waals surface area contributed by atoms with Gasteiger partial charge in [0.05, 0.1) is 7.11 Å². The molecule has 0 aromatic heterocycles. The summed E-state index contributed by atoms with van der Waals surface area (Å²) in [5.41, 5.74) is 1.55. The van der Waals surface area contributed by atoms with Crippen molar-refractivity contribution < 1.29 is 19.4 Å². The number of carboxylic acid groups (broad SMARTS) is 1. The summed E-state index contributed by atoms with van der Waals surface area (Å²) >= 11 is 0. The van der Waals surface area contributed by atoms with Crippen LogP contribution in [0.3, 0.4) is 0 Å². The molecule has 1 fully saturated rings. The molecule has 21 heavy (non-hydrogen) atoms. The molecule has 2 atom stereocenters. The summed E-state index contributed by atoms with van der Waals surface area (Å²) in [5.74, 6) is 0.822. The second-order valence-electron chi connectivity index (χ2n) is 5.69. The Hall–Kier alpha value is -2.24. The Kier molecular flexibility index (Phi) is 3.23. The Balaban J connectivity index is 2.05. The van der Waals surface area contributed by atoms with Crippen LogP contribution in [-0.4, -0.2) is 60.7 Å². The van der Waals surface area contributed by atoms with Gasteiger partial charge in [0.1, 0.15) is 5.75 Å². The molecule has 0 spiro atoms. The Morgan fingerprint density at radius 1 is 1.33 bits per heavy atom. The van der Waals surface area contributed by atoms with Crippen molar-refractivity contribution >= 4 is 12.0 Å². The number of likely N-dealkylation sites (tertiary alicyclic amines) is 1. The predicted molar refractivity (Wildman–Crippen MR) is 75.8 cm³/mol. The minimum Gasteiger partial charge on any atom is -0.497 e. The normalized spacial score (nSPS) is 24.4. The van der Waals surface area contributed by atoms with E-state index in [1.165, 1.54) is 4.90 Å². The van der Waals surface area contributed by atoms with E-state index in [1.54, 1.807) is 25.1 Å². The highest BCUT2D eigenvalue weighted by atomic mass is 16.5. The van der Waals surface area contributed by atoms with Gasteiger partial charge in [-0.25, -0.2) is 4.79 Å². The lowest BCUT2D eigenvalue weighted by Gasteiger charge is -2.19. The molecule has 0 unspecified atom stereocenters. The lowest BCUT2D eigenvalue weighted by Crippen LogP contribution is -2.33. The molecular formula is C15H18N2O4. The quantitative estimate of drug-likeness (QED) is 0.850. The molecule has 1 aromatic rings. The Morgan fingerprint density at radius 3 is 2.76 bits per heavy atom. The zero-order valence-electron chi connectivity index (χ0n) is 12.1. The first kappa shape index (κ1) is 13.7. The van der Waals surface area contributed by atoms with Crippen LogP contribution in [0.2, 0.25) is 0 Å². The Labute approximate surface area is 122 Å². The lowest BCUT2D eigenvalue weighted by molar-refractivity contribution is 0.0781. The number of amides is 2. The number of methoxy groups -OCH3 is 1. The monoisotopic (exact) mass is 290 g/mol. The van der Waals surface area contributed by atoms with Gasteiger partial charge in [0.2, 0.25) is 0 Å². The fourth-order valence-electron chi connectivity index (χ4n) is 3.38. The maximum Gasteiger partial charge on any atom is 0.407 e. The van der Waals surface area contributed by atoms with Gasteiger partial charge in [-0.2, -0.15) is 0 Å². The van der Waals surface area contributed by atoms with E-state index in [0.717, 1.165) is 5.56 Å². The van der Waals surface area contributed by atoms with Gasteiger partial charge < -0.3 is 19.6 Å². The van der Waals surface area contributed by atoms with Gasteiger partial charge in [-0.3, -0.25) is 4.79 Å². The van der Waals surface area contributed by atoms with Crippen LogP contribution in [-0.2, 0) is 0 Å². The SMILES string of the molecule is COc1ccc2c(c1)C(=O)N(C)C[C@@H]1CN(C(=O)O)C[C@@H]21. The number of carbonyl (C=O) groups excluding carboxylic acids is 1. The summed E-state index contributed by atoms with van der Waals surface area (Å²) in [6.45, 7) is 1.49. The van der Waals surface area contributed by atoms with E-state index >= 15 is 0 Å². The van der Waals surface area contributed by atoms with Gasteiger partial charge >= 0.3 is 6.09 Å². The molecule has 2 aliphatic heterocycles. The highest BCUT2D eigenvalue weighted by Crippen LogP contribution is 2.38. The third kappa shape index (κ3) is 2.20. The van der Waals surface area contributed by atoms with Gasteiger partial charge in [-0.15, -0.1) is 0 Å². The highest BCUT2D eigenvalue weighted by molar-refractivity contribution is 5.96. The number of carbonyl (C=O) groups is 2. The second kappa shape index (κ2) is 4.95. The maximum atomic E-state index is 12.5. The van der Waals surface area contributed by atoms with Crippen molar-refractivity contribution in [3.63, 3.8) is 0 Å². The summed E-state index contributed by atoms with van der Waals surface area (Å²) in [7, 11) is 3.33. The summed E-state index contributed by atoms with van der Waals surface area (Å²) in [6, 6.07) is 5.48. The van der Waals surface area contributed by atoms with Crippen molar-refractivity contribution in [3.8, 4) is 5.75 Å². The van der Waals surface area contributed by atoms with Gasteiger partial charge in [0.25, 0.3) is 5.91 Å². The summed E-state index contributed by atoms with van der Waals surface area (Å²) in [4.78, 5) is 26.8. The van der Waals surface area contributed by atoms with Crippen LogP contribution in [0.4, 0.5) is 4.79 Å². The minimum absolute atomic E-state index is 0.0276. The number of benzene rings is 1. The van der Waals surface area contributed by atoms with Crippen LogP contribution in [0.25, 0.3) is 0 Å². The van der Waals surface area contributed by atoms with Crippen LogP contribution in [0.15, 0.2) is 18.2 Å². The van der Waals surface area contributed by atoms with Crippen LogP contribution in [0.5, 0.6) is 5.75 Å². The lowest BCUT2D eigenvalue weighted by atomic mass is 9.87. The average molecular weight is 290 g/mol. The zero-order valence-corrected chi connectivity index (χ0v) is 12.1. The molecule has 0 bridgehead atoms. The van der Waals surface area contributed by atoms with E-state index in [4.69, 9.17) is 4.74 Å². The average Bonchev–Trinajstić information content (AvgIpc) is 2.86. The number of hydrogen-bond donors (Lipinski definition) is 1. The molecule has 6 heteroatoms. The van der Waals surface area contributed by atoms with E-state index in [9.17, 15) is 14.7 Å². The number of hydrogen-bond acceptors (Lipinski definition) is 3. The van der Waals surface area contributed by atoms with Gasteiger partial charge in [0, 0.05) is 44.1 Å². The maximum absolute atomic E-state index is 12.5. The van der Waals surface area contributed by atoms with Crippen molar-refractivity contribution in [2.45, 2.75) is 5.92 Å². The first-order chi connectivity index (χ1) is 10.0. The van der Waals surface area contributed by atoms with Crippen LogP contribution in [0.1, 0.15) is 21.8 Å². The summed E-state index contributed by atoms with van der Waals surface area (Å²) in [6.07, 6.45) is -0.896. The number of fused-ring (bicyclic) bond motifs is 3. The largest absolute Gasteiger partial charge is 0.497 e. The van der Waals surface area contributed by atoms with Crippen LogP contribution in [0, 0.1) is 5.92 Å². The summed E-state index contributed by atoms with van der Waals surface area (Å²) < 4.78 is 5.20. The second-order valence-corrected chi connectivity index (χ2v) is 5.69. The molecule has 0 aliphatic carbocycles. The molecule has 0 radical (unpaired) electrons. The zero-order chi connectivity index (χ0) is 15.1. The summed E-state index contributed by atoms with van der Waals surface area (Å²) in [5, 5.41) is 9.20. The molecule has 1 saturated heterocycles. The molecule has 1 aromatic carbocycles. The molecule has 0 saturated carbocycles. The molecular weight excluding hydrogens is 272 g/mol. The van der Waals surface area contributed by atoms with Gasteiger partial charge in [-0.1, -0.05) is 6.07 Å². The minimum atomic E-state index is -0.896. The third-order valence-electron chi connectivity index (χ3n) is 4.46. The van der Waals surface area contributed by atoms with E-state index in [-0.39, 0.29) is 17.7 Å². The molecule has 3 rings (SSSR count). The van der Waals surface area contributed by atoms with Gasteiger partial charge in [0.15, 0.2) is 0 Å².